The van der Waals surface area contributed by atoms with Crippen LogP contribution in [0.1, 0.15) is 19.8 Å². The Morgan fingerprint density at radius 1 is 1.42 bits per heavy atom. The molecule has 104 valence electrons. The molecular weight excluding hydrogens is 240 g/mol. The van der Waals surface area contributed by atoms with Crippen LogP contribution in [0.2, 0.25) is 0 Å². The highest BCUT2D eigenvalue weighted by Crippen LogP contribution is 2.21. The zero-order valence-electron chi connectivity index (χ0n) is 11.4. The summed E-state index contributed by atoms with van der Waals surface area (Å²) in [4.78, 5) is 12.8. The third kappa shape index (κ3) is 4.24. The summed E-state index contributed by atoms with van der Waals surface area (Å²) in [7, 11) is 0. The smallest absolute Gasteiger partial charge is 0.304 e. The number of carboxylic acid groups (broad SMARTS) is 1. The zero-order valence-corrected chi connectivity index (χ0v) is 11.4. The number of hydrogen-bond donors (Lipinski definition) is 2. The van der Waals surface area contributed by atoms with E-state index >= 15 is 0 Å². The van der Waals surface area contributed by atoms with Gasteiger partial charge in [-0.3, -0.25) is 4.79 Å². The SMILES string of the molecule is CC1CN(CCC(=O)O)CCC1Nc1ccccc1. The van der Waals surface area contributed by atoms with Gasteiger partial charge >= 0.3 is 5.97 Å². The van der Waals surface area contributed by atoms with Crippen molar-refractivity contribution < 1.29 is 9.90 Å². The minimum atomic E-state index is -0.711. The van der Waals surface area contributed by atoms with Crippen molar-refractivity contribution in [3.8, 4) is 0 Å². The van der Waals surface area contributed by atoms with Gasteiger partial charge in [-0.2, -0.15) is 0 Å². The summed E-state index contributed by atoms with van der Waals surface area (Å²) in [5, 5.41) is 12.3. The second kappa shape index (κ2) is 6.57. The maximum absolute atomic E-state index is 10.6. The molecule has 0 spiro atoms. The van der Waals surface area contributed by atoms with Gasteiger partial charge < -0.3 is 15.3 Å². The molecule has 0 bridgehead atoms. The Hall–Kier alpha value is -1.55. The third-order valence-electron chi connectivity index (χ3n) is 3.76. The normalized spacial score (nSPS) is 24.1. The molecule has 1 aliphatic heterocycles. The van der Waals surface area contributed by atoms with Crippen molar-refractivity contribution in [3.63, 3.8) is 0 Å². The van der Waals surface area contributed by atoms with E-state index in [0.29, 0.717) is 18.5 Å². The fourth-order valence-electron chi connectivity index (χ4n) is 2.65. The van der Waals surface area contributed by atoms with Gasteiger partial charge in [0, 0.05) is 31.4 Å². The molecule has 2 atom stereocenters. The van der Waals surface area contributed by atoms with Crippen LogP contribution in [0.4, 0.5) is 5.69 Å². The average molecular weight is 262 g/mol. The van der Waals surface area contributed by atoms with Gasteiger partial charge in [0.2, 0.25) is 0 Å². The predicted molar refractivity (Wildman–Crippen MR) is 76.3 cm³/mol. The molecule has 1 aromatic carbocycles. The topological polar surface area (TPSA) is 52.6 Å². The molecule has 0 aromatic heterocycles. The van der Waals surface area contributed by atoms with E-state index in [2.05, 4.69) is 29.3 Å². The first-order valence-electron chi connectivity index (χ1n) is 6.91. The second-order valence-electron chi connectivity index (χ2n) is 5.33. The van der Waals surface area contributed by atoms with Crippen LogP contribution >= 0.6 is 0 Å². The molecular formula is C15H22N2O2. The van der Waals surface area contributed by atoms with Crippen LogP contribution in [0.3, 0.4) is 0 Å². The quantitative estimate of drug-likeness (QED) is 0.855. The molecule has 2 rings (SSSR count). The number of hydrogen-bond acceptors (Lipinski definition) is 3. The molecule has 0 aliphatic carbocycles. The maximum Gasteiger partial charge on any atom is 0.304 e. The summed E-state index contributed by atoms with van der Waals surface area (Å²) in [5.74, 6) is -0.181. The van der Waals surface area contributed by atoms with E-state index in [1.54, 1.807) is 0 Å². The summed E-state index contributed by atoms with van der Waals surface area (Å²) in [6, 6.07) is 10.7. The van der Waals surface area contributed by atoms with Crippen LogP contribution in [0.5, 0.6) is 0 Å². The Labute approximate surface area is 114 Å². The molecule has 0 amide bonds. The molecule has 1 heterocycles. The van der Waals surface area contributed by atoms with E-state index in [4.69, 9.17) is 5.11 Å². The number of para-hydroxylation sites is 1. The number of likely N-dealkylation sites (tertiary alicyclic amines) is 1. The van der Waals surface area contributed by atoms with Crippen molar-refractivity contribution in [1.82, 2.24) is 4.90 Å². The van der Waals surface area contributed by atoms with Crippen molar-refractivity contribution in [3.05, 3.63) is 30.3 Å². The molecule has 1 saturated heterocycles. The second-order valence-corrected chi connectivity index (χ2v) is 5.33. The molecule has 4 heteroatoms. The van der Waals surface area contributed by atoms with Gasteiger partial charge in [0.25, 0.3) is 0 Å². The number of carbonyl (C=O) groups is 1. The van der Waals surface area contributed by atoms with Gasteiger partial charge in [0.15, 0.2) is 0 Å². The predicted octanol–water partition coefficient (Wildman–Crippen LogP) is 2.28. The molecule has 4 nitrogen and oxygen atoms in total. The van der Waals surface area contributed by atoms with Crippen molar-refractivity contribution in [1.29, 1.82) is 0 Å². The third-order valence-corrected chi connectivity index (χ3v) is 3.76. The lowest BCUT2D eigenvalue weighted by molar-refractivity contribution is -0.137. The standard InChI is InChI=1S/C15H22N2O2/c1-12-11-17(10-8-15(18)19)9-7-14(12)16-13-5-3-2-4-6-13/h2-6,12,14,16H,7-11H2,1H3,(H,18,19). The van der Waals surface area contributed by atoms with Crippen LogP contribution in [0, 0.1) is 5.92 Å². The molecule has 0 saturated carbocycles. The monoisotopic (exact) mass is 262 g/mol. The highest BCUT2D eigenvalue weighted by atomic mass is 16.4. The van der Waals surface area contributed by atoms with Crippen molar-refractivity contribution >= 4 is 11.7 Å². The molecule has 0 radical (unpaired) electrons. The molecule has 2 unspecified atom stereocenters. The number of rotatable bonds is 5. The first-order valence-corrected chi connectivity index (χ1v) is 6.91. The number of nitrogens with one attached hydrogen (secondary N) is 1. The highest BCUT2D eigenvalue weighted by molar-refractivity contribution is 5.66. The largest absolute Gasteiger partial charge is 0.481 e. The number of carboxylic acids is 1. The number of anilines is 1. The Kier molecular flexibility index (Phi) is 4.80. The minimum Gasteiger partial charge on any atom is -0.481 e. The van der Waals surface area contributed by atoms with E-state index in [0.717, 1.165) is 19.5 Å². The number of piperidine rings is 1. The van der Waals surface area contributed by atoms with Gasteiger partial charge in [-0.15, -0.1) is 0 Å². The first kappa shape index (κ1) is 13.9. The van der Waals surface area contributed by atoms with Crippen LogP contribution in [-0.4, -0.2) is 41.7 Å². The number of nitrogens with zero attached hydrogens (tertiary/aromatic N) is 1. The van der Waals surface area contributed by atoms with Gasteiger partial charge in [-0.1, -0.05) is 25.1 Å². The van der Waals surface area contributed by atoms with Crippen molar-refractivity contribution in [2.45, 2.75) is 25.8 Å². The Bertz CT molecular complexity index is 408. The highest BCUT2D eigenvalue weighted by Gasteiger charge is 2.25. The number of benzene rings is 1. The van der Waals surface area contributed by atoms with Gasteiger partial charge in [0.05, 0.1) is 6.42 Å². The van der Waals surface area contributed by atoms with Gasteiger partial charge in [-0.05, 0) is 24.5 Å². The fourth-order valence-corrected chi connectivity index (χ4v) is 2.65. The minimum absolute atomic E-state index is 0.240. The van der Waals surface area contributed by atoms with Crippen LogP contribution in [0.25, 0.3) is 0 Å². The molecule has 1 aliphatic rings. The van der Waals surface area contributed by atoms with Gasteiger partial charge in [-0.25, -0.2) is 0 Å². The summed E-state index contributed by atoms with van der Waals surface area (Å²) >= 11 is 0. The van der Waals surface area contributed by atoms with Crippen LogP contribution in [-0.2, 0) is 4.79 Å². The first-order chi connectivity index (χ1) is 9.15. The van der Waals surface area contributed by atoms with Crippen LogP contribution in [0.15, 0.2) is 30.3 Å². The van der Waals surface area contributed by atoms with E-state index in [1.807, 2.05) is 18.2 Å². The summed E-state index contributed by atoms with van der Waals surface area (Å²) < 4.78 is 0. The van der Waals surface area contributed by atoms with E-state index in [9.17, 15) is 4.79 Å². The summed E-state index contributed by atoms with van der Waals surface area (Å²) in [6.07, 6.45) is 1.30. The fraction of sp³-hybridized carbons (Fsp3) is 0.533. The van der Waals surface area contributed by atoms with Crippen molar-refractivity contribution in [2.75, 3.05) is 25.0 Å². The summed E-state index contributed by atoms with van der Waals surface area (Å²) in [6.45, 7) is 4.84. The molecule has 2 N–H and O–H groups in total. The molecule has 1 fully saturated rings. The average Bonchev–Trinajstić information content (AvgIpc) is 2.40. The lowest BCUT2D eigenvalue weighted by atomic mass is 9.93. The van der Waals surface area contributed by atoms with E-state index in [1.165, 1.54) is 5.69 Å². The summed E-state index contributed by atoms with van der Waals surface area (Å²) in [5.41, 5.74) is 1.17. The van der Waals surface area contributed by atoms with Crippen molar-refractivity contribution in [2.24, 2.45) is 5.92 Å². The Balaban J connectivity index is 1.82. The number of aliphatic carboxylic acids is 1. The lowest BCUT2D eigenvalue weighted by Crippen LogP contribution is -2.45. The zero-order chi connectivity index (χ0) is 13.7. The van der Waals surface area contributed by atoms with Crippen LogP contribution < -0.4 is 5.32 Å². The molecule has 1 aromatic rings. The van der Waals surface area contributed by atoms with E-state index in [-0.39, 0.29) is 6.42 Å². The Morgan fingerprint density at radius 2 is 2.16 bits per heavy atom. The van der Waals surface area contributed by atoms with E-state index < -0.39 is 5.97 Å². The Morgan fingerprint density at radius 3 is 2.79 bits per heavy atom. The molecule has 19 heavy (non-hydrogen) atoms. The maximum atomic E-state index is 10.6. The lowest BCUT2D eigenvalue weighted by Gasteiger charge is -2.37. The van der Waals surface area contributed by atoms with Gasteiger partial charge in [0.1, 0.15) is 0 Å².